The minimum atomic E-state index is -3.61. The van der Waals surface area contributed by atoms with Gasteiger partial charge >= 0.3 is 0 Å². The third kappa shape index (κ3) is 3.82. The van der Waals surface area contributed by atoms with Gasteiger partial charge in [0.15, 0.2) is 0 Å². The molecule has 1 N–H and O–H groups in total. The second-order valence-electron chi connectivity index (χ2n) is 3.95. The van der Waals surface area contributed by atoms with Gasteiger partial charge in [-0.25, -0.2) is 13.1 Å². The lowest BCUT2D eigenvalue weighted by Crippen LogP contribution is -2.33. The van der Waals surface area contributed by atoms with Crippen LogP contribution in [0.1, 0.15) is 20.8 Å². The van der Waals surface area contributed by atoms with Gasteiger partial charge in [-0.2, -0.15) is 0 Å². The van der Waals surface area contributed by atoms with E-state index in [0.29, 0.717) is 0 Å². The van der Waals surface area contributed by atoms with Gasteiger partial charge in [0, 0.05) is 10.5 Å². The van der Waals surface area contributed by atoms with Crippen LogP contribution in [0.5, 0.6) is 0 Å². The van der Waals surface area contributed by atoms with Crippen molar-refractivity contribution in [2.24, 2.45) is 0 Å². The summed E-state index contributed by atoms with van der Waals surface area (Å²) in [5.74, 6) is 0. The van der Waals surface area contributed by atoms with Crippen LogP contribution in [-0.2, 0) is 10.0 Å². The molecule has 0 heterocycles. The summed E-state index contributed by atoms with van der Waals surface area (Å²) in [7, 11) is -3.61. The van der Waals surface area contributed by atoms with E-state index in [1.165, 1.54) is 6.07 Å². The minimum absolute atomic E-state index is 0.0862. The molecule has 0 radical (unpaired) electrons. The Balaban J connectivity index is 3.07. The molecule has 0 saturated heterocycles. The summed E-state index contributed by atoms with van der Waals surface area (Å²) in [6.07, 6.45) is 1.87. The summed E-state index contributed by atoms with van der Waals surface area (Å²) in [4.78, 5) is 0.0862. The van der Waals surface area contributed by atoms with Crippen LogP contribution in [-0.4, -0.2) is 14.5 Å². The van der Waals surface area contributed by atoms with Gasteiger partial charge in [-0.3, -0.25) is 0 Å². The van der Waals surface area contributed by atoms with Crippen LogP contribution in [0.25, 0.3) is 0 Å². The second kappa shape index (κ2) is 6.19. The third-order valence-electron chi connectivity index (χ3n) is 2.65. The first-order valence-corrected chi connectivity index (χ1v) is 8.03. The summed E-state index contributed by atoms with van der Waals surface area (Å²) in [6, 6.07) is 4.42. The van der Waals surface area contributed by atoms with Crippen molar-refractivity contribution in [3.63, 3.8) is 0 Å². The highest BCUT2D eigenvalue weighted by molar-refractivity contribution is 9.10. The highest BCUT2D eigenvalue weighted by Gasteiger charge is 2.20. The average Bonchev–Trinajstić information content (AvgIpc) is 2.26. The zero-order valence-corrected chi connectivity index (χ0v) is 13.5. The predicted octanol–water partition coefficient (Wildman–Crippen LogP) is 3.74. The minimum Gasteiger partial charge on any atom is -0.207 e. The zero-order valence-electron chi connectivity index (χ0n) is 10.4. The maximum absolute atomic E-state index is 12.2. The highest BCUT2D eigenvalue weighted by atomic mass is 79.9. The van der Waals surface area contributed by atoms with E-state index >= 15 is 0 Å². The molecule has 3 nitrogen and oxygen atoms in total. The summed E-state index contributed by atoms with van der Waals surface area (Å²) in [6.45, 7) is 5.53. The predicted molar refractivity (Wildman–Crippen MR) is 78.4 cm³/mol. The van der Waals surface area contributed by atoms with E-state index in [1.807, 2.05) is 19.9 Å². The lowest BCUT2D eigenvalue weighted by Gasteiger charge is -2.15. The molecule has 100 valence electrons. The molecule has 0 spiro atoms. The quantitative estimate of drug-likeness (QED) is 0.839. The van der Waals surface area contributed by atoms with Gasteiger partial charge < -0.3 is 0 Å². The number of hydrogen-bond donors (Lipinski definition) is 1. The molecule has 0 saturated carbocycles. The number of sulfonamides is 1. The van der Waals surface area contributed by atoms with Crippen LogP contribution in [0.4, 0.5) is 0 Å². The van der Waals surface area contributed by atoms with Gasteiger partial charge in [-0.15, -0.1) is 0 Å². The Morgan fingerprint density at radius 2 is 2.11 bits per heavy atom. The molecule has 0 amide bonds. The summed E-state index contributed by atoms with van der Waals surface area (Å²) >= 11 is 9.19. The second-order valence-corrected chi connectivity index (χ2v) is 6.96. The van der Waals surface area contributed by atoms with Gasteiger partial charge in [0.2, 0.25) is 10.0 Å². The monoisotopic (exact) mass is 351 g/mol. The van der Waals surface area contributed by atoms with Crippen LogP contribution in [0.15, 0.2) is 39.2 Å². The fourth-order valence-corrected chi connectivity index (χ4v) is 3.65. The molecule has 1 rings (SSSR count). The van der Waals surface area contributed by atoms with Crippen molar-refractivity contribution < 1.29 is 8.42 Å². The van der Waals surface area contributed by atoms with Crippen LogP contribution in [0.3, 0.4) is 0 Å². The fourth-order valence-electron chi connectivity index (χ4n) is 1.33. The molecule has 1 aromatic carbocycles. The van der Waals surface area contributed by atoms with E-state index in [2.05, 4.69) is 20.7 Å². The Labute approximate surface area is 121 Å². The van der Waals surface area contributed by atoms with Crippen LogP contribution in [0.2, 0.25) is 5.02 Å². The van der Waals surface area contributed by atoms with Gasteiger partial charge in [-0.1, -0.05) is 39.2 Å². The first-order chi connectivity index (χ1) is 8.27. The Morgan fingerprint density at radius 1 is 1.50 bits per heavy atom. The largest absolute Gasteiger partial charge is 0.242 e. The number of halogens is 2. The van der Waals surface area contributed by atoms with Gasteiger partial charge in [0.1, 0.15) is 4.90 Å². The van der Waals surface area contributed by atoms with Crippen LogP contribution >= 0.6 is 27.5 Å². The van der Waals surface area contributed by atoms with Crippen molar-refractivity contribution in [3.8, 4) is 0 Å². The molecule has 1 unspecified atom stereocenters. The standard InChI is InChI=1S/C12H15BrClNO2S/c1-4-8(2)9(3)15-18(16,17)12-6-5-10(13)7-11(12)14/h4-7,9,15H,1-3H3/b8-4+. The van der Waals surface area contributed by atoms with E-state index < -0.39 is 10.0 Å². The van der Waals surface area contributed by atoms with Crippen molar-refractivity contribution in [1.29, 1.82) is 0 Å². The van der Waals surface area contributed by atoms with Gasteiger partial charge in [-0.05, 0) is 39.0 Å². The van der Waals surface area contributed by atoms with E-state index in [9.17, 15) is 8.42 Å². The van der Waals surface area contributed by atoms with Crippen molar-refractivity contribution in [2.75, 3.05) is 0 Å². The third-order valence-corrected chi connectivity index (χ3v) is 5.17. The van der Waals surface area contributed by atoms with E-state index in [0.717, 1.165) is 10.0 Å². The smallest absolute Gasteiger partial charge is 0.207 e. The van der Waals surface area contributed by atoms with Gasteiger partial charge in [0.05, 0.1) is 5.02 Å². The maximum atomic E-state index is 12.2. The molecule has 6 heteroatoms. The van der Waals surface area contributed by atoms with Gasteiger partial charge in [0.25, 0.3) is 0 Å². The summed E-state index contributed by atoms with van der Waals surface area (Å²) in [5.41, 5.74) is 0.951. The number of benzene rings is 1. The SMILES string of the molecule is C/C=C(\C)C(C)NS(=O)(=O)c1ccc(Br)cc1Cl. The Morgan fingerprint density at radius 3 is 2.61 bits per heavy atom. The van der Waals surface area contributed by atoms with Crippen molar-refractivity contribution in [3.05, 3.63) is 39.3 Å². The summed E-state index contributed by atoms with van der Waals surface area (Å²) in [5, 5.41) is 0.196. The Hall–Kier alpha value is -0.360. The first kappa shape index (κ1) is 15.7. The van der Waals surface area contributed by atoms with Crippen molar-refractivity contribution in [1.82, 2.24) is 4.72 Å². The van der Waals surface area contributed by atoms with Crippen molar-refractivity contribution >= 4 is 37.6 Å². The Bertz CT molecular complexity index is 569. The molecule has 1 aromatic rings. The Kier molecular flexibility index (Phi) is 5.40. The topological polar surface area (TPSA) is 46.2 Å². The van der Waals surface area contributed by atoms with E-state index in [-0.39, 0.29) is 16.0 Å². The number of rotatable bonds is 4. The lowest BCUT2D eigenvalue weighted by molar-refractivity contribution is 0.573. The molecule has 0 aromatic heterocycles. The molecule has 0 fully saturated rings. The summed E-state index contributed by atoms with van der Waals surface area (Å²) < 4.78 is 27.6. The normalized spacial score (nSPS) is 14.6. The van der Waals surface area contributed by atoms with Crippen LogP contribution < -0.4 is 4.72 Å². The molecule has 0 bridgehead atoms. The number of allylic oxidation sites excluding steroid dienone is 1. The van der Waals surface area contributed by atoms with E-state index in [4.69, 9.17) is 11.6 Å². The highest BCUT2D eigenvalue weighted by Crippen LogP contribution is 2.25. The number of nitrogens with one attached hydrogen (secondary N) is 1. The molecular formula is C12H15BrClNO2S. The van der Waals surface area contributed by atoms with Crippen LogP contribution in [0, 0.1) is 0 Å². The molecule has 0 aliphatic carbocycles. The molecule has 0 aliphatic rings. The molecular weight excluding hydrogens is 338 g/mol. The average molecular weight is 353 g/mol. The fraction of sp³-hybridized carbons (Fsp3) is 0.333. The molecule has 0 aliphatic heterocycles. The zero-order chi connectivity index (χ0) is 13.9. The first-order valence-electron chi connectivity index (χ1n) is 5.38. The number of hydrogen-bond acceptors (Lipinski definition) is 2. The van der Waals surface area contributed by atoms with E-state index in [1.54, 1.807) is 19.1 Å². The lowest BCUT2D eigenvalue weighted by atomic mass is 10.2. The molecule has 18 heavy (non-hydrogen) atoms. The van der Waals surface area contributed by atoms with Crippen molar-refractivity contribution in [2.45, 2.75) is 31.7 Å². The molecule has 1 atom stereocenters. The maximum Gasteiger partial charge on any atom is 0.242 e.